The molecular weight excluding hydrogens is 346 g/mol. The fourth-order valence-corrected chi connectivity index (χ4v) is 2.74. The molecule has 0 radical (unpaired) electrons. The van der Waals surface area contributed by atoms with Crippen LogP contribution in [0.2, 0.25) is 0 Å². The number of rotatable bonds is 5. The van der Waals surface area contributed by atoms with Crippen molar-refractivity contribution >= 4 is 23.2 Å². The summed E-state index contributed by atoms with van der Waals surface area (Å²) in [6.07, 6.45) is 0.133. The van der Waals surface area contributed by atoms with Gasteiger partial charge in [0.15, 0.2) is 11.5 Å². The molecule has 1 aliphatic heterocycles. The molecule has 2 amide bonds. The number of ether oxygens (including phenoxy) is 2. The second-order valence-electron chi connectivity index (χ2n) is 5.99. The number of amides is 2. The predicted molar refractivity (Wildman–Crippen MR) is 99.9 cm³/mol. The van der Waals surface area contributed by atoms with Crippen LogP contribution in [0.3, 0.4) is 0 Å². The average molecular weight is 365 g/mol. The van der Waals surface area contributed by atoms with Crippen molar-refractivity contribution in [2.24, 2.45) is 0 Å². The lowest BCUT2D eigenvalue weighted by molar-refractivity contribution is -0.117. The summed E-state index contributed by atoms with van der Waals surface area (Å²) in [7, 11) is 0. The third-order valence-corrected chi connectivity index (χ3v) is 4.08. The highest BCUT2D eigenvalue weighted by atomic mass is 16.6. The normalized spacial score (nSPS) is 12.0. The van der Waals surface area contributed by atoms with Gasteiger partial charge in [0, 0.05) is 37.3 Å². The van der Waals surface area contributed by atoms with Crippen molar-refractivity contribution in [3.8, 4) is 17.6 Å². The first-order valence-corrected chi connectivity index (χ1v) is 8.54. The Balaban J connectivity index is 1.61. The van der Waals surface area contributed by atoms with Crippen molar-refractivity contribution in [1.82, 2.24) is 0 Å². The van der Waals surface area contributed by atoms with Gasteiger partial charge in [-0.1, -0.05) is 0 Å². The van der Waals surface area contributed by atoms with Crippen LogP contribution in [-0.4, -0.2) is 31.6 Å². The summed E-state index contributed by atoms with van der Waals surface area (Å²) >= 11 is 0. The van der Waals surface area contributed by atoms with Gasteiger partial charge in [0.1, 0.15) is 13.2 Å². The third-order valence-electron chi connectivity index (χ3n) is 4.08. The topological polar surface area (TPSA) is 91.7 Å². The molecule has 0 bridgehead atoms. The zero-order valence-corrected chi connectivity index (χ0v) is 14.9. The highest BCUT2D eigenvalue weighted by Gasteiger charge is 2.15. The molecule has 0 saturated heterocycles. The molecule has 0 aliphatic carbocycles. The summed E-state index contributed by atoms with van der Waals surface area (Å²) < 4.78 is 11.0. The smallest absolute Gasteiger partial charge is 0.226 e. The Labute approximate surface area is 157 Å². The van der Waals surface area contributed by atoms with E-state index < -0.39 is 0 Å². The number of nitrogens with one attached hydrogen (secondary N) is 1. The van der Waals surface area contributed by atoms with Crippen LogP contribution in [0.15, 0.2) is 42.5 Å². The van der Waals surface area contributed by atoms with Crippen LogP contribution < -0.4 is 19.7 Å². The molecule has 1 heterocycles. The first-order valence-electron chi connectivity index (χ1n) is 8.54. The van der Waals surface area contributed by atoms with E-state index in [0.717, 1.165) is 0 Å². The van der Waals surface area contributed by atoms with Crippen molar-refractivity contribution in [3.05, 3.63) is 48.0 Å². The summed E-state index contributed by atoms with van der Waals surface area (Å²) in [6, 6.07) is 13.9. The van der Waals surface area contributed by atoms with E-state index in [4.69, 9.17) is 14.7 Å². The Morgan fingerprint density at radius 3 is 2.48 bits per heavy atom. The van der Waals surface area contributed by atoms with Crippen LogP contribution >= 0.6 is 0 Å². The molecular formula is C20H19N3O4. The lowest BCUT2D eigenvalue weighted by Crippen LogP contribution is -2.31. The molecule has 7 heteroatoms. The van der Waals surface area contributed by atoms with Crippen LogP contribution in [0.1, 0.15) is 18.9 Å². The van der Waals surface area contributed by atoms with E-state index in [0.29, 0.717) is 41.7 Å². The maximum atomic E-state index is 12.3. The molecule has 2 aromatic rings. The lowest BCUT2D eigenvalue weighted by atomic mass is 10.2. The van der Waals surface area contributed by atoms with Crippen LogP contribution in [0.4, 0.5) is 11.4 Å². The molecule has 1 aliphatic rings. The number of carbonyl (C=O) groups is 2. The number of hydrogen-bond acceptors (Lipinski definition) is 5. The van der Waals surface area contributed by atoms with E-state index in [1.54, 1.807) is 42.5 Å². The molecule has 0 aromatic heterocycles. The summed E-state index contributed by atoms with van der Waals surface area (Å²) in [5, 5.41) is 11.7. The number of nitriles is 1. The summed E-state index contributed by atoms with van der Waals surface area (Å²) in [5.41, 5.74) is 1.77. The van der Waals surface area contributed by atoms with Gasteiger partial charge in [0.25, 0.3) is 0 Å². The van der Waals surface area contributed by atoms with E-state index in [1.807, 2.05) is 6.07 Å². The second-order valence-corrected chi connectivity index (χ2v) is 5.99. The largest absolute Gasteiger partial charge is 0.486 e. The molecule has 0 fully saturated rings. The molecule has 1 N–H and O–H groups in total. The zero-order chi connectivity index (χ0) is 19.2. The Kier molecular flexibility index (Phi) is 5.57. The van der Waals surface area contributed by atoms with E-state index in [9.17, 15) is 9.59 Å². The monoisotopic (exact) mass is 365 g/mol. The minimum absolute atomic E-state index is 0.133. The summed E-state index contributed by atoms with van der Waals surface area (Å²) in [4.78, 5) is 25.7. The fraction of sp³-hybridized carbons (Fsp3) is 0.250. The highest BCUT2D eigenvalue weighted by Crippen LogP contribution is 2.32. The van der Waals surface area contributed by atoms with Gasteiger partial charge in [-0.3, -0.25) is 9.59 Å². The van der Waals surface area contributed by atoms with Gasteiger partial charge in [0.05, 0.1) is 11.6 Å². The van der Waals surface area contributed by atoms with Gasteiger partial charge in [-0.05, 0) is 36.4 Å². The van der Waals surface area contributed by atoms with Crippen molar-refractivity contribution in [3.63, 3.8) is 0 Å². The zero-order valence-electron chi connectivity index (χ0n) is 14.9. The molecule has 2 aromatic carbocycles. The minimum atomic E-state index is -0.216. The quantitative estimate of drug-likeness (QED) is 0.880. The molecule has 138 valence electrons. The first-order chi connectivity index (χ1) is 13.1. The van der Waals surface area contributed by atoms with Crippen molar-refractivity contribution < 1.29 is 19.1 Å². The molecule has 3 rings (SSSR count). The number of hydrogen-bond donors (Lipinski definition) is 1. The Morgan fingerprint density at radius 1 is 1.11 bits per heavy atom. The molecule has 0 atom stereocenters. The average Bonchev–Trinajstić information content (AvgIpc) is 2.68. The Morgan fingerprint density at radius 2 is 1.81 bits per heavy atom. The van der Waals surface area contributed by atoms with Gasteiger partial charge >= 0.3 is 0 Å². The number of benzene rings is 2. The SMILES string of the molecule is CC(=O)N(CCC(=O)Nc1ccc2c(c1)OCCO2)c1ccc(C#N)cc1. The number of nitrogens with zero attached hydrogens (tertiary/aromatic N) is 2. The molecule has 0 spiro atoms. The first kappa shape index (κ1) is 18.3. The van der Waals surface area contributed by atoms with Gasteiger partial charge in [-0.25, -0.2) is 0 Å². The van der Waals surface area contributed by atoms with E-state index in [-0.39, 0.29) is 24.8 Å². The van der Waals surface area contributed by atoms with Gasteiger partial charge in [-0.2, -0.15) is 5.26 Å². The Bertz CT molecular complexity index is 887. The van der Waals surface area contributed by atoms with Gasteiger partial charge in [0.2, 0.25) is 11.8 Å². The van der Waals surface area contributed by atoms with E-state index >= 15 is 0 Å². The predicted octanol–water partition coefficient (Wildman–Crippen LogP) is 2.71. The molecule has 0 saturated carbocycles. The lowest BCUT2D eigenvalue weighted by Gasteiger charge is -2.21. The van der Waals surface area contributed by atoms with Crippen LogP contribution in [-0.2, 0) is 9.59 Å². The maximum Gasteiger partial charge on any atom is 0.226 e. The third kappa shape index (κ3) is 4.55. The van der Waals surface area contributed by atoms with Crippen LogP contribution in [0.5, 0.6) is 11.5 Å². The fourth-order valence-electron chi connectivity index (χ4n) is 2.74. The van der Waals surface area contributed by atoms with Crippen LogP contribution in [0.25, 0.3) is 0 Å². The van der Waals surface area contributed by atoms with Crippen molar-refractivity contribution in [1.29, 1.82) is 5.26 Å². The maximum absolute atomic E-state index is 12.3. The Hall–Kier alpha value is -3.53. The van der Waals surface area contributed by atoms with Crippen LogP contribution in [0, 0.1) is 11.3 Å². The molecule has 27 heavy (non-hydrogen) atoms. The summed E-state index contributed by atoms with van der Waals surface area (Å²) in [5.74, 6) is 0.864. The summed E-state index contributed by atoms with van der Waals surface area (Å²) in [6.45, 7) is 2.66. The number of fused-ring (bicyclic) bond motifs is 1. The standard InChI is InChI=1S/C20H19N3O4/c1-14(24)23(17-5-2-15(13-21)3-6-17)9-8-20(25)22-16-4-7-18-19(12-16)27-11-10-26-18/h2-7,12H,8-11H2,1H3,(H,22,25). The minimum Gasteiger partial charge on any atom is -0.486 e. The van der Waals surface area contributed by atoms with E-state index in [2.05, 4.69) is 5.32 Å². The molecule has 0 unspecified atom stereocenters. The van der Waals surface area contributed by atoms with Crippen molar-refractivity contribution in [2.45, 2.75) is 13.3 Å². The van der Waals surface area contributed by atoms with Crippen molar-refractivity contribution in [2.75, 3.05) is 30.0 Å². The highest BCUT2D eigenvalue weighted by molar-refractivity contribution is 5.95. The van der Waals surface area contributed by atoms with Gasteiger partial charge < -0.3 is 19.7 Å². The van der Waals surface area contributed by atoms with Gasteiger partial charge in [-0.15, -0.1) is 0 Å². The van der Waals surface area contributed by atoms with E-state index in [1.165, 1.54) is 11.8 Å². The molecule has 7 nitrogen and oxygen atoms in total. The second kappa shape index (κ2) is 8.23. The number of anilines is 2. The number of carbonyl (C=O) groups excluding carboxylic acids is 2.